The third kappa shape index (κ3) is 2.45. The van der Waals surface area contributed by atoms with Crippen molar-refractivity contribution in [1.29, 1.82) is 0 Å². The van der Waals surface area contributed by atoms with Crippen LogP contribution in [-0.4, -0.2) is 34.1 Å². The van der Waals surface area contributed by atoms with Crippen LogP contribution < -0.4 is 5.32 Å². The van der Waals surface area contributed by atoms with Crippen molar-refractivity contribution in [3.8, 4) is 0 Å². The van der Waals surface area contributed by atoms with Crippen molar-refractivity contribution < 1.29 is 9.53 Å². The van der Waals surface area contributed by atoms with Gasteiger partial charge in [0.2, 0.25) is 0 Å². The lowest BCUT2D eigenvalue weighted by Gasteiger charge is -2.28. The normalized spacial score (nSPS) is 22.6. The van der Waals surface area contributed by atoms with Crippen LogP contribution in [0.4, 0.5) is 5.82 Å². The molecular weight excluding hydrogens is 256 g/mol. The highest BCUT2D eigenvalue weighted by Gasteiger charge is 2.28. The fourth-order valence-corrected chi connectivity index (χ4v) is 2.88. The van der Waals surface area contributed by atoms with Gasteiger partial charge in [-0.3, -0.25) is 4.79 Å². The number of hydrogen-bond donors (Lipinski definition) is 2. The van der Waals surface area contributed by atoms with E-state index in [-0.39, 0.29) is 17.9 Å². The van der Waals surface area contributed by atoms with E-state index in [1.54, 1.807) is 6.33 Å². The van der Waals surface area contributed by atoms with Crippen LogP contribution in [0.5, 0.6) is 0 Å². The van der Waals surface area contributed by atoms with E-state index in [2.05, 4.69) is 20.3 Å². The maximum atomic E-state index is 11.7. The summed E-state index contributed by atoms with van der Waals surface area (Å²) in [5.41, 5.74) is 0.822. The minimum absolute atomic E-state index is 0.00481. The first-order chi connectivity index (χ1) is 9.78. The Hall–Kier alpha value is -2.11. The number of nitrogens with zero attached hydrogens (tertiary/aromatic N) is 2. The van der Waals surface area contributed by atoms with E-state index in [0.717, 1.165) is 42.5 Å². The highest BCUT2D eigenvalue weighted by atomic mass is 16.5. The summed E-state index contributed by atoms with van der Waals surface area (Å²) in [5, 5.41) is 4.42. The molecule has 20 heavy (non-hydrogen) atoms. The quantitative estimate of drug-likeness (QED) is 0.838. The second-order valence-corrected chi connectivity index (χ2v) is 5.19. The molecule has 0 radical (unpaired) electrons. The number of methoxy groups -OCH3 is 1. The van der Waals surface area contributed by atoms with Crippen LogP contribution in [0.1, 0.15) is 25.7 Å². The van der Waals surface area contributed by atoms with Gasteiger partial charge in [-0.25, -0.2) is 9.97 Å². The van der Waals surface area contributed by atoms with Gasteiger partial charge in [0, 0.05) is 12.2 Å². The molecular formula is C14H18N4O2. The van der Waals surface area contributed by atoms with Crippen LogP contribution in [0.2, 0.25) is 0 Å². The lowest BCUT2D eigenvalue weighted by molar-refractivity contribution is -0.146. The number of aromatic amines is 1. The summed E-state index contributed by atoms with van der Waals surface area (Å²) in [6.07, 6.45) is 7.17. The number of H-pyrrole nitrogens is 1. The molecule has 1 fully saturated rings. The van der Waals surface area contributed by atoms with Gasteiger partial charge in [0.1, 0.15) is 17.8 Å². The maximum Gasteiger partial charge on any atom is 0.308 e. The summed E-state index contributed by atoms with van der Waals surface area (Å²) in [7, 11) is 1.45. The SMILES string of the molecule is COC(=O)C1CCCC(Nc2ncnc3[nH]ccc23)C1. The molecule has 2 N–H and O–H groups in total. The average molecular weight is 274 g/mol. The van der Waals surface area contributed by atoms with Gasteiger partial charge in [0.15, 0.2) is 0 Å². The van der Waals surface area contributed by atoms with Crippen LogP contribution >= 0.6 is 0 Å². The molecule has 106 valence electrons. The summed E-state index contributed by atoms with van der Waals surface area (Å²) >= 11 is 0. The number of anilines is 1. The topological polar surface area (TPSA) is 79.9 Å². The number of aromatic nitrogens is 3. The molecule has 2 aromatic heterocycles. The van der Waals surface area contributed by atoms with E-state index in [1.807, 2.05) is 12.3 Å². The van der Waals surface area contributed by atoms with E-state index < -0.39 is 0 Å². The largest absolute Gasteiger partial charge is 0.469 e. The number of nitrogens with one attached hydrogen (secondary N) is 2. The highest BCUT2D eigenvalue weighted by Crippen LogP contribution is 2.28. The minimum atomic E-state index is -0.106. The summed E-state index contributed by atoms with van der Waals surface area (Å²) in [5.74, 6) is 0.715. The Morgan fingerprint density at radius 2 is 2.35 bits per heavy atom. The van der Waals surface area contributed by atoms with Gasteiger partial charge in [-0.05, 0) is 25.3 Å². The van der Waals surface area contributed by atoms with Gasteiger partial charge in [-0.15, -0.1) is 0 Å². The maximum absolute atomic E-state index is 11.7. The second kappa shape index (κ2) is 5.48. The second-order valence-electron chi connectivity index (χ2n) is 5.19. The predicted octanol–water partition coefficient (Wildman–Crippen LogP) is 2.10. The van der Waals surface area contributed by atoms with Crippen LogP contribution in [-0.2, 0) is 9.53 Å². The van der Waals surface area contributed by atoms with E-state index in [1.165, 1.54) is 7.11 Å². The summed E-state index contributed by atoms with van der Waals surface area (Å²) in [6.45, 7) is 0. The third-order valence-electron chi connectivity index (χ3n) is 3.90. The molecule has 2 unspecified atom stereocenters. The van der Waals surface area contributed by atoms with Crippen molar-refractivity contribution in [2.45, 2.75) is 31.7 Å². The molecule has 1 saturated carbocycles. The van der Waals surface area contributed by atoms with Crippen LogP contribution in [0.25, 0.3) is 11.0 Å². The molecule has 3 rings (SSSR count). The molecule has 1 aliphatic carbocycles. The molecule has 6 heteroatoms. The Morgan fingerprint density at radius 1 is 1.45 bits per heavy atom. The fourth-order valence-electron chi connectivity index (χ4n) is 2.88. The molecule has 0 aromatic carbocycles. The van der Waals surface area contributed by atoms with Crippen molar-refractivity contribution in [3.05, 3.63) is 18.6 Å². The van der Waals surface area contributed by atoms with E-state index in [0.29, 0.717) is 0 Å². The van der Waals surface area contributed by atoms with Crippen LogP contribution in [0.3, 0.4) is 0 Å². The lowest BCUT2D eigenvalue weighted by atomic mass is 9.85. The standard InChI is InChI=1S/C14H18N4O2/c1-20-14(19)9-3-2-4-10(7-9)18-13-11-5-6-15-12(11)16-8-17-13/h5-6,8-10H,2-4,7H2,1H3,(H2,15,16,17,18). The Kier molecular flexibility index (Phi) is 3.54. The van der Waals surface area contributed by atoms with Crippen molar-refractivity contribution in [1.82, 2.24) is 15.0 Å². The Bertz CT molecular complexity index is 610. The van der Waals surface area contributed by atoms with Gasteiger partial charge in [-0.2, -0.15) is 0 Å². The Morgan fingerprint density at radius 3 is 3.20 bits per heavy atom. The first-order valence-corrected chi connectivity index (χ1v) is 6.90. The van der Waals surface area contributed by atoms with Crippen LogP contribution in [0, 0.1) is 5.92 Å². The highest BCUT2D eigenvalue weighted by molar-refractivity contribution is 5.86. The average Bonchev–Trinajstić information content (AvgIpc) is 2.96. The zero-order chi connectivity index (χ0) is 13.9. The number of rotatable bonds is 3. The molecule has 0 spiro atoms. The van der Waals surface area contributed by atoms with Crippen molar-refractivity contribution in [2.24, 2.45) is 5.92 Å². The molecule has 0 bridgehead atoms. The van der Waals surface area contributed by atoms with Crippen molar-refractivity contribution >= 4 is 22.8 Å². The summed E-state index contributed by atoms with van der Waals surface area (Å²) < 4.78 is 4.85. The molecule has 0 saturated heterocycles. The molecule has 2 atom stereocenters. The number of fused-ring (bicyclic) bond motifs is 1. The first-order valence-electron chi connectivity index (χ1n) is 6.90. The minimum Gasteiger partial charge on any atom is -0.469 e. The third-order valence-corrected chi connectivity index (χ3v) is 3.90. The van der Waals surface area contributed by atoms with Gasteiger partial charge in [-0.1, -0.05) is 6.42 Å². The molecule has 0 amide bonds. The van der Waals surface area contributed by atoms with Gasteiger partial charge in [0.05, 0.1) is 18.4 Å². The van der Waals surface area contributed by atoms with E-state index >= 15 is 0 Å². The Labute approximate surface area is 117 Å². The first kappa shape index (κ1) is 12.9. The van der Waals surface area contributed by atoms with Gasteiger partial charge < -0.3 is 15.0 Å². The number of hydrogen-bond acceptors (Lipinski definition) is 5. The van der Waals surface area contributed by atoms with E-state index in [9.17, 15) is 4.79 Å². The summed E-state index contributed by atoms with van der Waals surface area (Å²) in [6, 6.07) is 2.21. The van der Waals surface area contributed by atoms with E-state index in [4.69, 9.17) is 4.74 Å². The van der Waals surface area contributed by atoms with Gasteiger partial charge >= 0.3 is 5.97 Å². The fraction of sp³-hybridized carbons (Fsp3) is 0.500. The molecule has 1 aliphatic rings. The summed E-state index contributed by atoms with van der Waals surface area (Å²) in [4.78, 5) is 23.2. The number of ether oxygens (including phenoxy) is 1. The monoisotopic (exact) mass is 274 g/mol. The smallest absolute Gasteiger partial charge is 0.308 e. The number of esters is 1. The van der Waals surface area contributed by atoms with Crippen molar-refractivity contribution in [2.75, 3.05) is 12.4 Å². The molecule has 2 aromatic rings. The Balaban J connectivity index is 1.74. The lowest BCUT2D eigenvalue weighted by Crippen LogP contribution is -2.31. The number of carbonyl (C=O) groups is 1. The molecule has 0 aliphatic heterocycles. The molecule has 6 nitrogen and oxygen atoms in total. The number of carbonyl (C=O) groups excluding carboxylic acids is 1. The zero-order valence-corrected chi connectivity index (χ0v) is 11.4. The predicted molar refractivity (Wildman–Crippen MR) is 75.3 cm³/mol. The van der Waals surface area contributed by atoms with Gasteiger partial charge in [0.25, 0.3) is 0 Å². The zero-order valence-electron chi connectivity index (χ0n) is 11.4. The van der Waals surface area contributed by atoms with Crippen LogP contribution in [0.15, 0.2) is 18.6 Å². The van der Waals surface area contributed by atoms with Crippen molar-refractivity contribution in [3.63, 3.8) is 0 Å². The molecule has 2 heterocycles.